The minimum atomic E-state index is -0.145. The van der Waals surface area contributed by atoms with Crippen LogP contribution in [0.2, 0.25) is 0 Å². The molecule has 0 bridgehead atoms. The lowest BCUT2D eigenvalue weighted by molar-refractivity contribution is 0.0589. The van der Waals surface area contributed by atoms with Gasteiger partial charge in [-0.2, -0.15) is 5.26 Å². The van der Waals surface area contributed by atoms with Gasteiger partial charge in [0.15, 0.2) is 0 Å². The molecule has 9 nitrogen and oxygen atoms in total. The fourth-order valence-electron chi connectivity index (χ4n) is 6.34. The normalized spacial score (nSPS) is 18.2. The summed E-state index contributed by atoms with van der Waals surface area (Å²) in [6.45, 7) is 6.30. The summed E-state index contributed by atoms with van der Waals surface area (Å²) >= 11 is 0. The number of nitriles is 1. The first-order valence-corrected chi connectivity index (χ1v) is 15.8. The van der Waals surface area contributed by atoms with E-state index >= 15 is 0 Å². The summed E-state index contributed by atoms with van der Waals surface area (Å²) in [6.07, 6.45) is 7.35. The number of carbonyl (C=O) groups excluding carboxylic acids is 2. The molecule has 4 heterocycles. The third-order valence-electron chi connectivity index (χ3n) is 9.00. The van der Waals surface area contributed by atoms with Crippen molar-refractivity contribution >= 4 is 17.5 Å². The first-order valence-electron chi connectivity index (χ1n) is 15.8. The molecule has 3 fully saturated rings. The van der Waals surface area contributed by atoms with Crippen LogP contribution in [0.1, 0.15) is 70.5 Å². The second-order valence-corrected chi connectivity index (χ2v) is 12.1. The maximum atomic E-state index is 13.1. The highest BCUT2D eigenvalue weighted by Gasteiger charge is 2.26. The second-order valence-electron chi connectivity index (χ2n) is 12.1. The molecule has 3 aliphatic rings. The zero-order valence-electron chi connectivity index (χ0n) is 25.2. The van der Waals surface area contributed by atoms with Gasteiger partial charge in [0.25, 0.3) is 11.8 Å². The lowest BCUT2D eigenvalue weighted by atomic mass is 10.0. The molecule has 3 aromatic rings. The molecule has 2 amide bonds. The Balaban J connectivity index is 0.919. The number of aromatic nitrogens is 1. The Morgan fingerprint density at radius 1 is 0.864 bits per heavy atom. The predicted molar refractivity (Wildman–Crippen MR) is 169 cm³/mol. The van der Waals surface area contributed by atoms with Crippen LogP contribution in [0.3, 0.4) is 0 Å². The molecule has 3 saturated heterocycles. The van der Waals surface area contributed by atoms with Crippen molar-refractivity contribution in [1.29, 1.82) is 5.26 Å². The third kappa shape index (κ3) is 7.37. The van der Waals surface area contributed by atoms with Crippen molar-refractivity contribution in [1.82, 2.24) is 20.1 Å². The smallest absolute Gasteiger partial charge is 0.272 e. The van der Waals surface area contributed by atoms with Gasteiger partial charge in [0.1, 0.15) is 17.5 Å². The van der Waals surface area contributed by atoms with Gasteiger partial charge in [-0.3, -0.25) is 19.5 Å². The molecule has 0 radical (unpaired) electrons. The minimum absolute atomic E-state index is 0.0177. The van der Waals surface area contributed by atoms with E-state index < -0.39 is 0 Å². The number of hydrogen-bond acceptors (Lipinski definition) is 7. The summed E-state index contributed by atoms with van der Waals surface area (Å²) in [4.78, 5) is 37.0. The molecule has 1 aromatic heterocycles. The summed E-state index contributed by atoms with van der Waals surface area (Å²) in [5, 5.41) is 12.1. The molecule has 0 aliphatic carbocycles. The molecule has 1 N–H and O–H groups in total. The van der Waals surface area contributed by atoms with Crippen LogP contribution in [0.25, 0.3) is 0 Å². The molecule has 0 unspecified atom stereocenters. The van der Waals surface area contributed by atoms with E-state index in [9.17, 15) is 9.59 Å². The van der Waals surface area contributed by atoms with Crippen molar-refractivity contribution in [2.24, 2.45) is 0 Å². The van der Waals surface area contributed by atoms with Crippen molar-refractivity contribution in [2.75, 3.05) is 44.2 Å². The number of benzene rings is 2. The average Bonchev–Trinajstić information content (AvgIpc) is 3.62. The molecule has 9 heteroatoms. The third-order valence-corrected chi connectivity index (χ3v) is 9.00. The zero-order valence-corrected chi connectivity index (χ0v) is 25.2. The molecule has 2 aromatic carbocycles. The Morgan fingerprint density at radius 2 is 1.57 bits per heavy atom. The van der Waals surface area contributed by atoms with Crippen LogP contribution >= 0.6 is 0 Å². The molecule has 6 rings (SSSR count). The first kappa shape index (κ1) is 29.6. The number of likely N-dealkylation sites (tertiary alicyclic amines) is 2. The number of anilines is 1. The molecule has 0 atom stereocenters. The van der Waals surface area contributed by atoms with Crippen LogP contribution < -0.4 is 15.0 Å². The van der Waals surface area contributed by atoms with Gasteiger partial charge in [-0.05, 0) is 79.8 Å². The van der Waals surface area contributed by atoms with Gasteiger partial charge in [-0.15, -0.1) is 0 Å². The fourth-order valence-corrected chi connectivity index (χ4v) is 6.34. The van der Waals surface area contributed by atoms with Crippen molar-refractivity contribution in [3.8, 4) is 11.8 Å². The largest absolute Gasteiger partial charge is 0.490 e. The predicted octanol–water partition coefficient (Wildman–Crippen LogP) is 4.63. The van der Waals surface area contributed by atoms with E-state index in [2.05, 4.69) is 50.4 Å². The lowest BCUT2D eigenvalue weighted by Crippen LogP contribution is -2.44. The summed E-state index contributed by atoms with van der Waals surface area (Å²) < 4.78 is 6.03. The number of amides is 2. The zero-order chi connectivity index (χ0) is 30.3. The van der Waals surface area contributed by atoms with Crippen LogP contribution in [0.4, 0.5) is 5.69 Å². The molecule has 0 saturated carbocycles. The topological polar surface area (TPSA) is 102 Å². The van der Waals surface area contributed by atoms with Crippen molar-refractivity contribution in [2.45, 2.75) is 57.2 Å². The number of hydrogen-bond donors (Lipinski definition) is 1. The first-order chi connectivity index (χ1) is 21.5. The molecular formula is C35H40N6O3. The minimum Gasteiger partial charge on any atom is -0.490 e. The number of piperidine rings is 2. The van der Waals surface area contributed by atoms with E-state index in [1.165, 1.54) is 30.3 Å². The number of nitrogens with zero attached hydrogens (tertiary/aromatic N) is 5. The summed E-state index contributed by atoms with van der Waals surface area (Å²) in [6, 6.07) is 21.6. The van der Waals surface area contributed by atoms with E-state index in [0.29, 0.717) is 29.9 Å². The maximum Gasteiger partial charge on any atom is 0.272 e. The van der Waals surface area contributed by atoms with Crippen LogP contribution in [-0.4, -0.2) is 78.0 Å². The van der Waals surface area contributed by atoms with Gasteiger partial charge in [0, 0.05) is 76.6 Å². The highest BCUT2D eigenvalue weighted by Crippen LogP contribution is 2.23. The van der Waals surface area contributed by atoms with Gasteiger partial charge >= 0.3 is 0 Å². The monoisotopic (exact) mass is 592 g/mol. The van der Waals surface area contributed by atoms with Crippen molar-refractivity contribution < 1.29 is 14.3 Å². The Hall–Kier alpha value is -4.42. The quantitative estimate of drug-likeness (QED) is 0.407. The second kappa shape index (κ2) is 13.9. The summed E-state index contributed by atoms with van der Waals surface area (Å²) in [5.74, 6) is 0.452. The number of nitrogens with one attached hydrogen (secondary N) is 1. The average molecular weight is 593 g/mol. The number of pyridine rings is 1. The van der Waals surface area contributed by atoms with Gasteiger partial charge in [-0.25, -0.2) is 0 Å². The Labute approximate surface area is 259 Å². The molecule has 228 valence electrons. The SMILES string of the molecule is N#Cc1ccc(OC2CCN(C(=O)c3ccc(C(=O)NC4CCN(Cc5ccc(N6CCCC6)cc5)CC4)cn3)CC2)cc1. The van der Waals surface area contributed by atoms with Crippen LogP contribution in [0, 0.1) is 11.3 Å². The molecule has 44 heavy (non-hydrogen) atoms. The summed E-state index contributed by atoms with van der Waals surface area (Å²) in [5.41, 5.74) is 4.06. The molecule has 3 aliphatic heterocycles. The molecule has 0 spiro atoms. The van der Waals surface area contributed by atoms with Gasteiger partial charge in [-0.1, -0.05) is 12.1 Å². The van der Waals surface area contributed by atoms with E-state index in [1.54, 1.807) is 41.3 Å². The molecular weight excluding hydrogens is 552 g/mol. The van der Waals surface area contributed by atoms with Crippen molar-refractivity contribution in [3.05, 3.63) is 89.2 Å². The highest BCUT2D eigenvalue weighted by molar-refractivity contribution is 5.96. The van der Waals surface area contributed by atoms with Crippen molar-refractivity contribution in [3.63, 3.8) is 0 Å². The Kier molecular flexibility index (Phi) is 9.37. The van der Waals surface area contributed by atoms with Gasteiger partial charge < -0.3 is 19.9 Å². The van der Waals surface area contributed by atoms with Gasteiger partial charge in [0.2, 0.25) is 0 Å². The van der Waals surface area contributed by atoms with E-state index in [0.717, 1.165) is 64.2 Å². The Morgan fingerprint density at radius 3 is 2.20 bits per heavy atom. The van der Waals surface area contributed by atoms with Gasteiger partial charge in [0.05, 0.1) is 17.2 Å². The highest BCUT2D eigenvalue weighted by atomic mass is 16.5. The Bertz CT molecular complexity index is 1450. The summed E-state index contributed by atoms with van der Waals surface area (Å²) in [7, 11) is 0. The van der Waals surface area contributed by atoms with E-state index in [-0.39, 0.29) is 24.0 Å². The van der Waals surface area contributed by atoms with Crippen LogP contribution in [0.5, 0.6) is 5.75 Å². The lowest BCUT2D eigenvalue weighted by Gasteiger charge is -2.32. The van der Waals surface area contributed by atoms with Crippen LogP contribution in [-0.2, 0) is 6.54 Å². The maximum absolute atomic E-state index is 13.1. The standard InChI is InChI=1S/C35H40N6O3/c36-23-26-5-10-31(11-6-26)44-32-15-21-41(22-16-32)35(43)33-12-7-28(24-37-33)34(42)38-29-13-19-39(20-14-29)25-27-3-8-30(9-4-27)40-17-1-2-18-40/h3-12,24,29,32H,1-2,13-22,25H2,(H,38,42). The van der Waals surface area contributed by atoms with Crippen LogP contribution in [0.15, 0.2) is 66.9 Å². The van der Waals surface area contributed by atoms with E-state index in [4.69, 9.17) is 10.00 Å². The number of carbonyl (C=O) groups is 2. The fraction of sp³-hybridized carbons (Fsp3) is 0.429. The number of ether oxygens (including phenoxy) is 1. The number of rotatable bonds is 8. The van der Waals surface area contributed by atoms with E-state index in [1.807, 2.05) is 0 Å².